The number of rotatable bonds is 10. The molecule has 0 radical (unpaired) electrons. The van der Waals surface area contributed by atoms with Gasteiger partial charge < -0.3 is 10.2 Å². The second-order valence-electron chi connectivity index (χ2n) is 7.38. The molecule has 0 aliphatic rings. The first kappa shape index (κ1) is 25.5. The predicted molar refractivity (Wildman–Crippen MR) is 127 cm³/mol. The SMILES string of the molecule is CC[C@H](C)NC(=O)[C@H](C)N(Cc1ccc(Cl)c(Cl)c1)C(=O)CSCc1ccc(F)cc1. The normalized spacial score (nSPS) is 12.8. The van der Waals surface area contributed by atoms with Gasteiger partial charge >= 0.3 is 0 Å². The van der Waals surface area contributed by atoms with Crippen LogP contribution in [0.25, 0.3) is 0 Å². The molecule has 1 N–H and O–H groups in total. The van der Waals surface area contributed by atoms with Crippen LogP contribution in [0.1, 0.15) is 38.3 Å². The molecule has 2 rings (SSSR count). The predicted octanol–water partition coefficient (Wildman–Crippen LogP) is 5.70. The Hall–Kier alpha value is -1.76. The number of hydrogen-bond acceptors (Lipinski definition) is 3. The maximum Gasteiger partial charge on any atom is 0.242 e. The minimum atomic E-state index is -0.651. The van der Waals surface area contributed by atoms with Crippen molar-refractivity contribution in [3.8, 4) is 0 Å². The van der Waals surface area contributed by atoms with E-state index in [-0.39, 0.29) is 36.0 Å². The zero-order valence-electron chi connectivity index (χ0n) is 17.8. The van der Waals surface area contributed by atoms with Gasteiger partial charge in [0.05, 0.1) is 15.8 Å². The van der Waals surface area contributed by atoms with Crippen LogP contribution in [0.3, 0.4) is 0 Å². The Kier molecular flexibility index (Phi) is 10.1. The second-order valence-corrected chi connectivity index (χ2v) is 9.18. The summed E-state index contributed by atoms with van der Waals surface area (Å²) in [5.41, 5.74) is 1.72. The van der Waals surface area contributed by atoms with Crippen LogP contribution in [-0.2, 0) is 21.9 Å². The van der Waals surface area contributed by atoms with E-state index >= 15 is 0 Å². The van der Waals surface area contributed by atoms with Crippen molar-refractivity contribution in [1.29, 1.82) is 0 Å². The van der Waals surface area contributed by atoms with E-state index < -0.39 is 6.04 Å². The van der Waals surface area contributed by atoms with Crippen LogP contribution in [0.5, 0.6) is 0 Å². The van der Waals surface area contributed by atoms with Crippen LogP contribution in [0.15, 0.2) is 42.5 Å². The minimum absolute atomic E-state index is 0.0183. The third kappa shape index (κ3) is 8.02. The highest BCUT2D eigenvalue weighted by molar-refractivity contribution is 7.99. The maximum absolute atomic E-state index is 13.1. The number of halogens is 3. The van der Waals surface area contributed by atoms with Crippen molar-refractivity contribution in [3.63, 3.8) is 0 Å². The van der Waals surface area contributed by atoms with Crippen molar-refractivity contribution in [2.75, 3.05) is 5.75 Å². The number of nitrogens with zero attached hydrogens (tertiary/aromatic N) is 1. The molecular formula is C23H27Cl2FN2O2S. The van der Waals surface area contributed by atoms with Gasteiger partial charge in [-0.25, -0.2) is 4.39 Å². The van der Waals surface area contributed by atoms with Crippen LogP contribution < -0.4 is 5.32 Å². The van der Waals surface area contributed by atoms with Gasteiger partial charge in [-0.2, -0.15) is 0 Å². The number of carbonyl (C=O) groups is 2. The summed E-state index contributed by atoms with van der Waals surface area (Å²) in [7, 11) is 0. The Morgan fingerprint density at radius 2 is 1.71 bits per heavy atom. The lowest BCUT2D eigenvalue weighted by Gasteiger charge is -2.29. The molecule has 0 unspecified atom stereocenters. The van der Waals surface area contributed by atoms with Gasteiger partial charge in [-0.05, 0) is 55.7 Å². The van der Waals surface area contributed by atoms with Crippen molar-refractivity contribution in [1.82, 2.24) is 10.2 Å². The Balaban J connectivity index is 2.10. The summed E-state index contributed by atoms with van der Waals surface area (Å²) in [5, 5.41) is 3.76. The third-order valence-corrected chi connectivity index (χ3v) is 6.64. The molecule has 2 aromatic carbocycles. The summed E-state index contributed by atoms with van der Waals surface area (Å²) in [5.74, 6) is 0.106. The summed E-state index contributed by atoms with van der Waals surface area (Å²) >= 11 is 13.5. The molecule has 0 aliphatic carbocycles. The maximum atomic E-state index is 13.1. The van der Waals surface area contributed by atoms with E-state index in [2.05, 4.69) is 5.32 Å². The highest BCUT2D eigenvalue weighted by atomic mass is 35.5. The summed E-state index contributed by atoms with van der Waals surface area (Å²) < 4.78 is 13.1. The lowest BCUT2D eigenvalue weighted by atomic mass is 10.1. The minimum Gasteiger partial charge on any atom is -0.352 e. The molecule has 4 nitrogen and oxygen atoms in total. The molecule has 31 heavy (non-hydrogen) atoms. The zero-order valence-corrected chi connectivity index (χ0v) is 20.2. The fourth-order valence-electron chi connectivity index (χ4n) is 2.80. The number of nitrogens with one attached hydrogen (secondary N) is 1. The van der Waals surface area contributed by atoms with Gasteiger partial charge in [0, 0.05) is 18.3 Å². The van der Waals surface area contributed by atoms with Crippen LogP contribution in [0, 0.1) is 5.82 Å². The number of thioether (sulfide) groups is 1. The number of hydrogen-bond donors (Lipinski definition) is 1. The Labute approximate surface area is 197 Å². The Bertz CT molecular complexity index is 896. The van der Waals surface area contributed by atoms with Gasteiger partial charge in [-0.15, -0.1) is 11.8 Å². The van der Waals surface area contributed by atoms with E-state index in [4.69, 9.17) is 23.2 Å². The highest BCUT2D eigenvalue weighted by Crippen LogP contribution is 2.24. The Morgan fingerprint density at radius 3 is 2.32 bits per heavy atom. The highest BCUT2D eigenvalue weighted by Gasteiger charge is 2.26. The number of amides is 2. The molecule has 0 fully saturated rings. The monoisotopic (exact) mass is 484 g/mol. The van der Waals surface area contributed by atoms with Crippen LogP contribution in [0.4, 0.5) is 4.39 Å². The first-order chi connectivity index (χ1) is 14.7. The molecule has 0 aromatic heterocycles. The first-order valence-electron chi connectivity index (χ1n) is 10.1. The molecule has 0 saturated carbocycles. The quantitative estimate of drug-likeness (QED) is 0.470. The van der Waals surface area contributed by atoms with Gasteiger partial charge in [0.15, 0.2) is 0 Å². The van der Waals surface area contributed by atoms with E-state index in [0.29, 0.717) is 15.8 Å². The molecule has 0 saturated heterocycles. The Morgan fingerprint density at radius 1 is 1.06 bits per heavy atom. The average molecular weight is 485 g/mol. The summed E-state index contributed by atoms with van der Waals surface area (Å²) in [6, 6.07) is 10.7. The molecule has 0 spiro atoms. The topological polar surface area (TPSA) is 49.4 Å². The molecular weight excluding hydrogens is 458 g/mol. The van der Waals surface area contributed by atoms with Crippen molar-refractivity contribution in [2.24, 2.45) is 0 Å². The van der Waals surface area contributed by atoms with Gasteiger partial charge in [-0.1, -0.05) is 48.3 Å². The molecule has 0 aliphatic heterocycles. The van der Waals surface area contributed by atoms with Crippen LogP contribution in [-0.4, -0.2) is 34.6 Å². The molecule has 8 heteroatoms. The average Bonchev–Trinajstić information content (AvgIpc) is 2.75. The lowest BCUT2D eigenvalue weighted by Crippen LogP contribution is -2.50. The van der Waals surface area contributed by atoms with E-state index in [9.17, 15) is 14.0 Å². The number of benzene rings is 2. The van der Waals surface area contributed by atoms with Crippen LogP contribution in [0.2, 0.25) is 10.0 Å². The fourth-order valence-corrected chi connectivity index (χ4v) is 3.99. The first-order valence-corrected chi connectivity index (χ1v) is 12.0. The fraction of sp³-hybridized carbons (Fsp3) is 0.391. The van der Waals surface area contributed by atoms with Gasteiger partial charge in [0.25, 0.3) is 0 Å². The van der Waals surface area contributed by atoms with Crippen molar-refractivity contribution < 1.29 is 14.0 Å². The van der Waals surface area contributed by atoms with E-state index in [1.165, 1.54) is 23.9 Å². The van der Waals surface area contributed by atoms with Crippen molar-refractivity contribution in [3.05, 3.63) is 69.5 Å². The summed E-state index contributed by atoms with van der Waals surface area (Å²) in [6.07, 6.45) is 0.798. The zero-order chi connectivity index (χ0) is 23.0. The van der Waals surface area contributed by atoms with E-state index in [0.717, 1.165) is 17.5 Å². The van der Waals surface area contributed by atoms with E-state index in [1.54, 1.807) is 42.2 Å². The van der Waals surface area contributed by atoms with E-state index in [1.807, 2.05) is 13.8 Å². The standard InChI is InChI=1S/C23H27Cl2FN2O2S/c1-4-15(2)27-23(30)16(3)28(12-18-7-10-20(24)21(25)11-18)22(29)14-31-13-17-5-8-19(26)9-6-17/h5-11,15-16H,4,12-14H2,1-3H3,(H,27,30)/t15-,16-/m0/s1. The largest absolute Gasteiger partial charge is 0.352 e. The van der Waals surface area contributed by atoms with Crippen LogP contribution >= 0.6 is 35.0 Å². The van der Waals surface area contributed by atoms with Gasteiger partial charge in [0.1, 0.15) is 11.9 Å². The van der Waals surface area contributed by atoms with Crippen molar-refractivity contribution >= 4 is 46.8 Å². The smallest absolute Gasteiger partial charge is 0.242 e. The molecule has 2 aromatic rings. The van der Waals surface area contributed by atoms with Crippen molar-refractivity contribution in [2.45, 2.75) is 51.6 Å². The third-order valence-electron chi connectivity index (χ3n) is 4.91. The number of carbonyl (C=O) groups excluding carboxylic acids is 2. The second kappa shape index (κ2) is 12.3. The van der Waals surface area contributed by atoms with Gasteiger partial charge in [-0.3, -0.25) is 9.59 Å². The molecule has 2 atom stereocenters. The molecule has 2 amide bonds. The summed E-state index contributed by atoms with van der Waals surface area (Å²) in [6.45, 7) is 5.87. The molecule has 168 valence electrons. The van der Waals surface area contributed by atoms with Gasteiger partial charge in [0.2, 0.25) is 11.8 Å². The summed E-state index contributed by atoms with van der Waals surface area (Å²) in [4.78, 5) is 27.3. The lowest BCUT2D eigenvalue weighted by molar-refractivity contribution is -0.138. The molecule has 0 heterocycles. The molecule has 0 bridgehead atoms.